The standard InChI is InChI=1S/C13H21NO2/c1-8-7-11(8)13-4-3-12(16-13)10(5-6-15)9(2)14/h3-4,8-11,15H,5-7,14H2,1-2H3. The van der Waals surface area contributed by atoms with Gasteiger partial charge >= 0.3 is 0 Å². The van der Waals surface area contributed by atoms with E-state index in [1.54, 1.807) is 0 Å². The number of nitrogens with two attached hydrogens (primary N) is 1. The number of furan rings is 1. The fraction of sp³-hybridized carbons (Fsp3) is 0.692. The van der Waals surface area contributed by atoms with E-state index in [2.05, 4.69) is 13.0 Å². The molecule has 4 atom stereocenters. The Bertz CT molecular complexity index is 345. The molecule has 1 fully saturated rings. The van der Waals surface area contributed by atoms with E-state index in [1.165, 1.54) is 6.42 Å². The van der Waals surface area contributed by atoms with Crippen LogP contribution in [-0.4, -0.2) is 17.8 Å². The monoisotopic (exact) mass is 223 g/mol. The fourth-order valence-corrected chi connectivity index (χ4v) is 2.29. The van der Waals surface area contributed by atoms with Crippen LogP contribution in [0.3, 0.4) is 0 Å². The molecular weight excluding hydrogens is 202 g/mol. The molecular formula is C13H21NO2. The number of hydrogen-bond donors (Lipinski definition) is 2. The van der Waals surface area contributed by atoms with E-state index in [-0.39, 0.29) is 18.6 Å². The first-order valence-corrected chi connectivity index (χ1v) is 6.09. The molecule has 4 unspecified atom stereocenters. The second-order valence-electron chi connectivity index (χ2n) is 5.04. The Morgan fingerprint density at radius 2 is 2.25 bits per heavy atom. The van der Waals surface area contributed by atoms with Gasteiger partial charge in [-0.25, -0.2) is 0 Å². The first-order valence-electron chi connectivity index (χ1n) is 6.09. The zero-order valence-corrected chi connectivity index (χ0v) is 10.0. The van der Waals surface area contributed by atoms with Crippen molar-refractivity contribution >= 4 is 0 Å². The van der Waals surface area contributed by atoms with E-state index >= 15 is 0 Å². The van der Waals surface area contributed by atoms with Gasteiger partial charge in [0, 0.05) is 24.5 Å². The Morgan fingerprint density at radius 3 is 2.75 bits per heavy atom. The molecule has 2 rings (SSSR count). The average molecular weight is 223 g/mol. The van der Waals surface area contributed by atoms with Crippen molar-refractivity contribution in [3.8, 4) is 0 Å². The highest BCUT2D eigenvalue weighted by Gasteiger charge is 2.37. The van der Waals surface area contributed by atoms with Crippen LogP contribution in [0.15, 0.2) is 16.5 Å². The summed E-state index contributed by atoms with van der Waals surface area (Å²) in [6.07, 6.45) is 1.90. The van der Waals surface area contributed by atoms with Crippen LogP contribution in [0.25, 0.3) is 0 Å². The average Bonchev–Trinajstić information content (AvgIpc) is 2.79. The molecule has 0 bridgehead atoms. The fourth-order valence-electron chi connectivity index (χ4n) is 2.29. The van der Waals surface area contributed by atoms with Crippen molar-refractivity contribution in [1.29, 1.82) is 0 Å². The topological polar surface area (TPSA) is 59.4 Å². The molecule has 0 aromatic carbocycles. The molecule has 3 heteroatoms. The van der Waals surface area contributed by atoms with Crippen molar-refractivity contribution in [3.05, 3.63) is 23.7 Å². The summed E-state index contributed by atoms with van der Waals surface area (Å²) in [6.45, 7) is 4.36. The number of rotatable bonds is 5. The molecule has 0 aliphatic heterocycles. The van der Waals surface area contributed by atoms with Crippen LogP contribution in [0, 0.1) is 5.92 Å². The van der Waals surface area contributed by atoms with E-state index in [0.717, 1.165) is 17.4 Å². The number of aliphatic hydroxyl groups excluding tert-OH is 1. The van der Waals surface area contributed by atoms with Crippen molar-refractivity contribution in [2.75, 3.05) is 6.61 Å². The molecule has 1 saturated carbocycles. The van der Waals surface area contributed by atoms with E-state index in [0.29, 0.717) is 12.3 Å². The lowest BCUT2D eigenvalue weighted by atomic mass is 9.96. The van der Waals surface area contributed by atoms with Gasteiger partial charge in [-0.1, -0.05) is 6.92 Å². The minimum atomic E-state index is 0.0165. The van der Waals surface area contributed by atoms with Crippen LogP contribution in [-0.2, 0) is 0 Å². The number of hydrogen-bond acceptors (Lipinski definition) is 3. The summed E-state index contributed by atoms with van der Waals surface area (Å²) >= 11 is 0. The summed E-state index contributed by atoms with van der Waals surface area (Å²) < 4.78 is 5.86. The van der Waals surface area contributed by atoms with Crippen molar-refractivity contribution in [1.82, 2.24) is 0 Å². The smallest absolute Gasteiger partial charge is 0.108 e. The largest absolute Gasteiger partial charge is 0.465 e. The first kappa shape index (κ1) is 11.7. The van der Waals surface area contributed by atoms with Crippen LogP contribution >= 0.6 is 0 Å². The highest BCUT2D eigenvalue weighted by atomic mass is 16.3. The molecule has 1 aliphatic rings. The van der Waals surface area contributed by atoms with E-state index in [1.807, 2.05) is 13.0 Å². The SMILES string of the molecule is CC(N)C(CCO)c1ccc(C2CC2C)o1. The maximum atomic E-state index is 9.02. The molecule has 1 aromatic heterocycles. The third-order valence-electron chi connectivity index (χ3n) is 3.56. The van der Waals surface area contributed by atoms with Gasteiger partial charge in [0.25, 0.3) is 0 Å². The zero-order valence-electron chi connectivity index (χ0n) is 10.0. The molecule has 0 amide bonds. The number of aliphatic hydroxyl groups is 1. The van der Waals surface area contributed by atoms with Gasteiger partial charge in [0.2, 0.25) is 0 Å². The van der Waals surface area contributed by atoms with Gasteiger partial charge in [-0.15, -0.1) is 0 Å². The molecule has 1 aromatic rings. The van der Waals surface area contributed by atoms with E-state index in [9.17, 15) is 0 Å². The van der Waals surface area contributed by atoms with Crippen LogP contribution in [0.4, 0.5) is 0 Å². The first-order chi connectivity index (χ1) is 7.63. The molecule has 1 heterocycles. The predicted octanol–water partition coefficient (Wildman–Crippen LogP) is 2.22. The molecule has 16 heavy (non-hydrogen) atoms. The summed E-state index contributed by atoms with van der Waals surface area (Å²) in [4.78, 5) is 0. The lowest BCUT2D eigenvalue weighted by Gasteiger charge is -2.17. The highest BCUT2D eigenvalue weighted by molar-refractivity contribution is 5.20. The Labute approximate surface area is 96.6 Å². The maximum Gasteiger partial charge on any atom is 0.108 e. The molecule has 3 N–H and O–H groups in total. The molecule has 0 radical (unpaired) electrons. The Morgan fingerprint density at radius 1 is 1.56 bits per heavy atom. The van der Waals surface area contributed by atoms with Crippen LogP contribution in [0.1, 0.15) is 50.0 Å². The van der Waals surface area contributed by atoms with Crippen molar-refractivity contribution in [2.24, 2.45) is 11.7 Å². The Kier molecular flexibility index (Phi) is 3.36. The summed E-state index contributed by atoms with van der Waals surface area (Å²) in [5.41, 5.74) is 5.91. The summed E-state index contributed by atoms with van der Waals surface area (Å²) in [7, 11) is 0. The Balaban J connectivity index is 2.09. The van der Waals surface area contributed by atoms with Gasteiger partial charge in [0.1, 0.15) is 11.5 Å². The van der Waals surface area contributed by atoms with Gasteiger partial charge in [-0.2, -0.15) is 0 Å². The van der Waals surface area contributed by atoms with E-state index in [4.69, 9.17) is 15.3 Å². The van der Waals surface area contributed by atoms with E-state index < -0.39 is 0 Å². The minimum Gasteiger partial charge on any atom is -0.465 e. The predicted molar refractivity (Wildman–Crippen MR) is 63.3 cm³/mol. The Hall–Kier alpha value is -0.800. The lowest BCUT2D eigenvalue weighted by molar-refractivity contribution is 0.257. The lowest BCUT2D eigenvalue weighted by Crippen LogP contribution is -2.25. The van der Waals surface area contributed by atoms with Crippen molar-refractivity contribution < 1.29 is 9.52 Å². The van der Waals surface area contributed by atoms with Crippen molar-refractivity contribution in [3.63, 3.8) is 0 Å². The minimum absolute atomic E-state index is 0.0165. The third kappa shape index (κ3) is 2.30. The molecule has 0 spiro atoms. The van der Waals surface area contributed by atoms with Gasteiger partial charge < -0.3 is 15.3 Å². The van der Waals surface area contributed by atoms with Gasteiger partial charge in [-0.05, 0) is 37.8 Å². The zero-order chi connectivity index (χ0) is 11.7. The highest BCUT2D eigenvalue weighted by Crippen LogP contribution is 2.47. The summed E-state index contributed by atoms with van der Waals surface area (Å²) in [6, 6.07) is 4.10. The van der Waals surface area contributed by atoms with Crippen LogP contribution in [0.5, 0.6) is 0 Å². The second kappa shape index (κ2) is 4.60. The molecule has 3 nitrogen and oxygen atoms in total. The van der Waals surface area contributed by atoms with Gasteiger partial charge in [-0.3, -0.25) is 0 Å². The molecule has 90 valence electrons. The maximum absolute atomic E-state index is 9.02. The van der Waals surface area contributed by atoms with Crippen LogP contribution < -0.4 is 5.73 Å². The normalized spacial score (nSPS) is 27.8. The van der Waals surface area contributed by atoms with Gasteiger partial charge in [0.05, 0.1) is 0 Å². The molecule has 0 saturated heterocycles. The van der Waals surface area contributed by atoms with Gasteiger partial charge in [0.15, 0.2) is 0 Å². The van der Waals surface area contributed by atoms with Crippen molar-refractivity contribution in [2.45, 2.75) is 44.6 Å². The summed E-state index contributed by atoms with van der Waals surface area (Å²) in [5, 5.41) is 9.02. The van der Waals surface area contributed by atoms with Crippen LogP contribution in [0.2, 0.25) is 0 Å². The third-order valence-corrected chi connectivity index (χ3v) is 3.56. The molecule has 1 aliphatic carbocycles. The summed E-state index contributed by atoms with van der Waals surface area (Å²) in [5.74, 6) is 3.51. The quantitative estimate of drug-likeness (QED) is 0.804. The second-order valence-corrected chi connectivity index (χ2v) is 5.04.